The van der Waals surface area contributed by atoms with Crippen LogP contribution in [0.2, 0.25) is 0 Å². The number of nitrogens with one attached hydrogen (secondary N) is 1. The average molecular weight is 231 g/mol. The number of nitrogens with zero attached hydrogens (tertiary/aromatic N) is 1. The third-order valence-corrected chi connectivity index (χ3v) is 2.68. The van der Waals surface area contributed by atoms with Crippen LogP contribution in [0, 0.1) is 5.92 Å². The zero-order valence-electron chi connectivity index (χ0n) is 8.93. The molecule has 1 aliphatic heterocycles. The highest BCUT2D eigenvalue weighted by Gasteiger charge is 2.28. The summed E-state index contributed by atoms with van der Waals surface area (Å²) >= 11 is 0. The minimum atomic E-state index is -1.25. The number of carboxylic acid groups (broad SMARTS) is 1. The largest absolute Gasteiger partial charge is 0.480 e. The molecule has 7 nitrogen and oxygen atoms in total. The third kappa shape index (κ3) is 3.07. The number of carbonyl (C=O) groups excluding carboxylic acids is 1. The lowest BCUT2D eigenvalue weighted by atomic mass is 10.1. The number of hydrogen-bond acceptors (Lipinski definition) is 4. The van der Waals surface area contributed by atoms with Crippen molar-refractivity contribution in [3.8, 4) is 0 Å². The van der Waals surface area contributed by atoms with Crippen molar-refractivity contribution in [2.24, 2.45) is 11.7 Å². The van der Waals surface area contributed by atoms with Gasteiger partial charge in [0.15, 0.2) is 6.04 Å². The number of urea groups is 1. The highest BCUT2D eigenvalue weighted by molar-refractivity contribution is 5.82. The maximum atomic E-state index is 11.6. The maximum absolute atomic E-state index is 11.6. The molecule has 92 valence electrons. The van der Waals surface area contributed by atoms with E-state index in [1.54, 1.807) is 0 Å². The number of carbonyl (C=O) groups is 2. The standard InChI is InChI=1S/C9H17N3O4/c10-3-6-1-2-12(4-6)9(16)11-7(5-13)8(14)15/h6-7,13H,1-5,10H2,(H,11,16)(H,14,15)/t6?,7-/m1/s1. The van der Waals surface area contributed by atoms with Gasteiger partial charge in [-0.05, 0) is 18.9 Å². The Kier molecular flexibility index (Phi) is 4.51. The van der Waals surface area contributed by atoms with Gasteiger partial charge >= 0.3 is 12.0 Å². The Balaban J connectivity index is 2.43. The summed E-state index contributed by atoms with van der Waals surface area (Å²) in [6.07, 6.45) is 0.834. The highest BCUT2D eigenvalue weighted by Crippen LogP contribution is 2.14. The van der Waals surface area contributed by atoms with Gasteiger partial charge in [0.1, 0.15) is 0 Å². The number of nitrogens with two attached hydrogens (primary N) is 1. The van der Waals surface area contributed by atoms with Crippen LogP contribution in [0.3, 0.4) is 0 Å². The molecule has 2 atom stereocenters. The van der Waals surface area contributed by atoms with E-state index < -0.39 is 24.6 Å². The Labute approximate surface area is 93.2 Å². The number of aliphatic carboxylic acids is 1. The number of carboxylic acids is 1. The van der Waals surface area contributed by atoms with Gasteiger partial charge in [-0.15, -0.1) is 0 Å². The SMILES string of the molecule is NCC1CCN(C(=O)N[C@H](CO)C(=O)O)C1. The van der Waals surface area contributed by atoms with Crippen LogP contribution in [0.1, 0.15) is 6.42 Å². The minimum Gasteiger partial charge on any atom is -0.480 e. The molecule has 1 aliphatic rings. The van der Waals surface area contributed by atoms with Crippen molar-refractivity contribution in [3.05, 3.63) is 0 Å². The van der Waals surface area contributed by atoms with E-state index in [2.05, 4.69) is 5.32 Å². The van der Waals surface area contributed by atoms with E-state index >= 15 is 0 Å². The lowest BCUT2D eigenvalue weighted by molar-refractivity contribution is -0.140. The zero-order valence-corrected chi connectivity index (χ0v) is 8.93. The third-order valence-electron chi connectivity index (χ3n) is 2.68. The highest BCUT2D eigenvalue weighted by atomic mass is 16.4. The van der Waals surface area contributed by atoms with Gasteiger partial charge < -0.3 is 26.2 Å². The predicted molar refractivity (Wildman–Crippen MR) is 55.8 cm³/mol. The van der Waals surface area contributed by atoms with E-state index in [1.807, 2.05) is 0 Å². The molecule has 1 saturated heterocycles. The molecular formula is C9H17N3O4. The Bertz CT molecular complexity index is 271. The average Bonchev–Trinajstić information content (AvgIpc) is 2.73. The second-order valence-electron chi connectivity index (χ2n) is 3.86. The summed E-state index contributed by atoms with van der Waals surface area (Å²) in [6.45, 7) is 1.02. The van der Waals surface area contributed by atoms with Crippen LogP contribution in [0.4, 0.5) is 4.79 Å². The summed E-state index contributed by atoms with van der Waals surface area (Å²) in [6, 6.07) is -1.71. The molecular weight excluding hydrogens is 214 g/mol. The lowest BCUT2D eigenvalue weighted by Gasteiger charge is -2.19. The lowest BCUT2D eigenvalue weighted by Crippen LogP contribution is -2.49. The molecule has 0 aromatic carbocycles. The first-order chi connectivity index (χ1) is 7.58. The fourth-order valence-corrected chi connectivity index (χ4v) is 1.64. The number of aliphatic hydroxyl groups is 1. The van der Waals surface area contributed by atoms with Gasteiger partial charge in [-0.1, -0.05) is 0 Å². The van der Waals surface area contributed by atoms with E-state index in [1.165, 1.54) is 4.90 Å². The molecule has 7 heteroatoms. The summed E-state index contributed by atoms with van der Waals surface area (Å²) in [5, 5.41) is 19.7. The molecule has 1 heterocycles. The number of aliphatic hydroxyl groups excluding tert-OH is 1. The van der Waals surface area contributed by atoms with Crippen molar-refractivity contribution in [2.75, 3.05) is 26.2 Å². The number of likely N-dealkylation sites (tertiary alicyclic amines) is 1. The molecule has 5 N–H and O–H groups in total. The summed E-state index contributed by atoms with van der Waals surface area (Å²) in [5.74, 6) is -0.964. The van der Waals surface area contributed by atoms with Crippen LogP contribution >= 0.6 is 0 Å². The second-order valence-corrected chi connectivity index (χ2v) is 3.86. The number of hydrogen-bond donors (Lipinski definition) is 4. The minimum absolute atomic E-state index is 0.281. The molecule has 0 bridgehead atoms. The van der Waals surface area contributed by atoms with E-state index in [-0.39, 0.29) is 5.92 Å². The normalized spacial score (nSPS) is 21.9. The van der Waals surface area contributed by atoms with E-state index in [4.69, 9.17) is 15.9 Å². The molecule has 1 unspecified atom stereocenters. The summed E-state index contributed by atoms with van der Waals surface area (Å²) in [5.41, 5.74) is 5.48. The number of rotatable bonds is 4. The first-order valence-corrected chi connectivity index (χ1v) is 5.17. The van der Waals surface area contributed by atoms with Gasteiger partial charge in [0.25, 0.3) is 0 Å². The van der Waals surface area contributed by atoms with Crippen molar-refractivity contribution in [3.63, 3.8) is 0 Å². The van der Waals surface area contributed by atoms with Crippen molar-refractivity contribution >= 4 is 12.0 Å². The van der Waals surface area contributed by atoms with Gasteiger partial charge in [0, 0.05) is 13.1 Å². The zero-order chi connectivity index (χ0) is 12.1. The monoisotopic (exact) mass is 231 g/mol. The van der Waals surface area contributed by atoms with Crippen LogP contribution < -0.4 is 11.1 Å². The molecule has 0 saturated carbocycles. The van der Waals surface area contributed by atoms with Gasteiger partial charge in [0.2, 0.25) is 0 Å². The van der Waals surface area contributed by atoms with E-state index in [0.29, 0.717) is 19.6 Å². The van der Waals surface area contributed by atoms with Gasteiger partial charge in [-0.3, -0.25) is 0 Å². The molecule has 0 spiro atoms. The fourth-order valence-electron chi connectivity index (χ4n) is 1.64. The Hall–Kier alpha value is -1.34. The van der Waals surface area contributed by atoms with Crippen molar-refractivity contribution in [1.82, 2.24) is 10.2 Å². The molecule has 2 amide bonds. The van der Waals surface area contributed by atoms with Crippen LogP contribution in [0.15, 0.2) is 0 Å². The predicted octanol–water partition coefficient (Wildman–Crippen LogP) is -1.58. The Morgan fingerprint density at radius 3 is 2.69 bits per heavy atom. The van der Waals surface area contributed by atoms with Gasteiger partial charge in [-0.25, -0.2) is 9.59 Å². The molecule has 0 aromatic heterocycles. The van der Waals surface area contributed by atoms with Crippen molar-refractivity contribution < 1.29 is 19.8 Å². The molecule has 1 rings (SSSR count). The van der Waals surface area contributed by atoms with Crippen LogP contribution in [0.5, 0.6) is 0 Å². The van der Waals surface area contributed by atoms with Gasteiger partial charge in [-0.2, -0.15) is 0 Å². The molecule has 0 aliphatic carbocycles. The second kappa shape index (κ2) is 5.66. The summed E-state index contributed by atoms with van der Waals surface area (Å²) in [7, 11) is 0. The van der Waals surface area contributed by atoms with E-state index in [9.17, 15) is 9.59 Å². The Morgan fingerprint density at radius 2 is 2.25 bits per heavy atom. The van der Waals surface area contributed by atoms with Crippen LogP contribution in [-0.4, -0.2) is 59.4 Å². The number of amides is 2. The molecule has 16 heavy (non-hydrogen) atoms. The fraction of sp³-hybridized carbons (Fsp3) is 0.778. The quantitative estimate of drug-likeness (QED) is 0.466. The van der Waals surface area contributed by atoms with Gasteiger partial charge in [0.05, 0.1) is 6.61 Å². The maximum Gasteiger partial charge on any atom is 0.328 e. The Morgan fingerprint density at radius 1 is 1.56 bits per heavy atom. The topological polar surface area (TPSA) is 116 Å². The van der Waals surface area contributed by atoms with Crippen LogP contribution in [-0.2, 0) is 4.79 Å². The summed E-state index contributed by atoms with van der Waals surface area (Å²) < 4.78 is 0. The van der Waals surface area contributed by atoms with E-state index in [0.717, 1.165) is 6.42 Å². The smallest absolute Gasteiger partial charge is 0.328 e. The van der Waals surface area contributed by atoms with Crippen molar-refractivity contribution in [1.29, 1.82) is 0 Å². The van der Waals surface area contributed by atoms with Crippen molar-refractivity contribution in [2.45, 2.75) is 12.5 Å². The first-order valence-electron chi connectivity index (χ1n) is 5.17. The van der Waals surface area contributed by atoms with Crippen LogP contribution in [0.25, 0.3) is 0 Å². The molecule has 0 aromatic rings. The summed E-state index contributed by atoms with van der Waals surface area (Å²) in [4.78, 5) is 23.7. The molecule has 1 fully saturated rings. The first kappa shape index (κ1) is 12.7. The molecule has 0 radical (unpaired) electrons.